The molecule has 0 bridgehead atoms. The van der Waals surface area contributed by atoms with E-state index in [0.29, 0.717) is 16.8 Å². The van der Waals surface area contributed by atoms with E-state index >= 15 is 0 Å². The number of sulfonamides is 1. The van der Waals surface area contributed by atoms with Crippen LogP contribution in [0.4, 0.5) is 0 Å². The molecule has 0 aliphatic carbocycles. The van der Waals surface area contributed by atoms with E-state index in [0.717, 1.165) is 5.56 Å². The SMILES string of the molecule is Cc1cc(C)c(S(=O)(=O)NCc2ccn(C)n2)cc1CO. The lowest BCUT2D eigenvalue weighted by Crippen LogP contribution is -2.24. The lowest BCUT2D eigenvalue weighted by Gasteiger charge is -2.12. The van der Waals surface area contributed by atoms with Crippen molar-refractivity contribution in [3.8, 4) is 0 Å². The van der Waals surface area contributed by atoms with Gasteiger partial charge in [0.15, 0.2) is 0 Å². The molecule has 0 aliphatic rings. The Balaban J connectivity index is 2.27. The zero-order valence-electron chi connectivity index (χ0n) is 12.3. The minimum Gasteiger partial charge on any atom is -0.392 e. The second kappa shape index (κ2) is 5.97. The molecule has 0 spiro atoms. The summed E-state index contributed by atoms with van der Waals surface area (Å²) in [5, 5.41) is 13.4. The van der Waals surface area contributed by atoms with Gasteiger partial charge in [0.2, 0.25) is 10.0 Å². The summed E-state index contributed by atoms with van der Waals surface area (Å²) in [5.41, 5.74) is 2.78. The summed E-state index contributed by atoms with van der Waals surface area (Å²) in [6, 6.07) is 5.04. The van der Waals surface area contributed by atoms with E-state index in [1.54, 1.807) is 37.0 Å². The van der Waals surface area contributed by atoms with Gasteiger partial charge >= 0.3 is 0 Å². The molecule has 0 aliphatic heterocycles. The summed E-state index contributed by atoms with van der Waals surface area (Å²) >= 11 is 0. The van der Waals surface area contributed by atoms with Crippen LogP contribution in [0.3, 0.4) is 0 Å². The number of rotatable bonds is 5. The Hall–Kier alpha value is -1.70. The molecule has 7 heteroatoms. The van der Waals surface area contributed by atoms with Gasteiger partial charge in [-0.15, -0.1) is 0 Å². The molecule has 1 heterocycles. The predicted molar refractivity (Wildman–Crippen MR) is 79.1 cm³/mol. The number of nitrogens with zero attached hydrogens (tertiary/aromatic N) is 2. The molecule has 0 fully saturated rings. The summed E-state index contributed by atoms with van der Waals surface area (Å²) in [5.74, 6) is 0. The first-order valence-corrected chi connectivity index (χ1v) is 8.01. The molecule has 0 radical (unpaired) electrons. The van der Waals surface area contributed by atoms with Crippen molar-refractivity contribution in [2.45, 2.75) is 31.9 Å². The Labute approximate surface area is 124 Å². The molecule has 0 unspecified atom stereocenters. The highest BCUT2D eigenvalue weighted by Gasteiger charge is 2.18. The number of hydrogen-bond donors (Lipinski definition) is 2. The Morgan fingerprint density at radius 1 is 1.29 bits per heavy atom. The number of aryl methyl sites for hydroxylation is 3. The van der Waals surface area contributed by atoms with Gasteiger partial charge in [-0.25, -0.2) is 13.1 Å². The number of aromatic nitrogens is 2. The lowest BCUT2D eigenvalue weighted by molar-refractivity contribution is 0.280. The van der Waals surface area contributed by atoms with Crippen LogP contribution < -0.4 is 4.72 Å². The van der Waals surface area contributed by atoms with Gasteiger partial charge < -0.3 is 5.11 Å². The third-order valence-electron chi connectivity index (χ3n) is 3.31. The standard InChI is InChI=1S/C14H19N3O3S/c1-10-6-11(2)14(7-12(10)9-18)21(19,20)15-8-13-4-5-17(3)16-13/h4-7,15,18H,8-9H2,1-3H3. The summed E-state index contributed by atoms with van der Waals surface area (Å²) in [7, 11) is -1.87. The van der Waals surface area contributed by atoms with Gasteiger partial charge in [-0.3, -0.25) is 4.68 Å². The summed E-state index contributed by atoms with van der Waals surface area (Å²) < 4.78 is 28.9. The lowest BCUT2D eigenvalue weighted by atomic mass is 10.1. The zero-order valence-corrected chi connectivity index (χ0v) is 13.1. The van der Waals surface area contributed by atoms with Crippen LogP contribution in [0.15, 0.2) is 29.3 Å². The molecule has 2 aromatic rings. The van der Waals surface area contributed by atoms with Crippen LogP contribution in [0, 0.1) is 13.8 Å². The fourth-order valence-corrected chi connectivity index (χ4v) is 3.41. The van der Waals surface area contributed by atoms with Gasteiger partial charge in [-0.1, -0.05) is 6.07 Å². The van der Waals surface area contributed by atoms with Crippen molar-refractivity contribution in [1.82, 2.24) is 14.5 Å². The second-order valence-corrected chi connectivity index (χ2v) is 6.74. The Morgan fingerprint density at radius 3 is 2.57 bits per heavy atom. The fourth-order valence-electron chi connectivity index (χ4n) is 2.14. The van der Waals surface area contributed by atoms with E-state index in [9.17, 15) is 13.5 Å². The Morgan fingerprint density at radius 2 is 2.00 bits per heavy atom. The normalized spacial score (nSPS) is 11.8. The number of aliphatic hydroxyl groups excluding tert-OH is 1. The van der Waals surface area contributed by atoms with Gasteiger partial charge in [0, 0.05) is 13.2 Å². The van der Waals surface area contributed by atoms with Crippen molar-refractivity contribution < 1.29 is 13.5 Å². The molecular weight excluding hydrogens is 290 g/mol. The monoisotopic (exact) mass is 309 g/mol. The molecule has 2 rings (SSSR count). The van der Waals surface area contributed by atoms with Crippen molar-refractivity contribution in [2.75, 3.05) is 0 Å². The van der Waals surface area contributed by atoms with Crippen molar-refractivity contribution in [3.05, 3.63) is 46.8 Å². The minimum atomic E-state index is -3.64. The van der Waals surface area contributed by atoms with Crippen LogP contribution >= 0.6 is 0 Å². The van der Waals surface area contributed by atoms with Crippen LogP contribution in [-0.4, -0.2) is 23.3 Å². The first kappa shape index (κ1) is 15.7. The van der Waals surface area contributed by atoms with Gasteiger partial charge in [0.1, 0.15) is 0 Å². The first-order valence-electron chi connectivity index (χ1n) is 6.52. The zero-order chi connectivity index (χ0) is 15.6. The number of nitrogens with one attached hydrogen (secondary N) is 1. The third-order valence-corrected chi connectivity index (χ3v) is 4.85. The molecular formula is C14H19N3O3S. The number of aliphatic hydroxyl groups is 1. The predicted octanol–water partition coefficient (Wildman–Crippen LogP) is 1.01. The number of benzene rings is 1. The van der Waals surface area contributed by atoms with Crippen LogP contribution in [0.25, 0.3) is 0 Å². The summed E-state index contributed by atoms with van der Waals surface area (Å²) in [6.45, 7) is 3.53. The molecule has 6 nitrogen and oxygen atoms in total. The van der Waals surface area contributed by atoms with Crippen molar-refractivity contribution >= 4 is 10.0 Å². The molecule has 0 amide bonds. The van der Waals surface area contributed by atoms with Gasteiger partial charge in [0.25, 0.3) is 0 Å². The maximum absolute atomic E-state index is 12.4. The average Bonchev–Trinajstić information content (AvgIpc) is 2.82. The molecule has 21 heavy (non-hydrogen) atoms. The van der Waals surface area contributed by atoms with E-state index in [1.807, 2.05) is 6.92 Å². The topological polar surface area (TPSA) is 84.2 Å². The van der Waals surface area contributed by atoms with Crippen molar-refractivity contribution in [1.29, 1.82) is 0 Å². The largest absolute Gasteiger partial charge is 0.392 e. The van der Waals surface area contributed by atoms with Crippen LogP contribution in [-0.2, 0) is 30.2 Å². The fraction of sp³-hybridized carbons (Fsp3) is 0.357. The van der Waals surface area contributed by atoms with E-state index in [1.165, 1.54) is 6.07 Å². The maximum atomic E-state index is 12.4. The highest BCUT2D eigenvalue weighted by Crippen LogP contribution is 2.20. The molecule has 0 saturated heterocycles. The van der Waals surface area contributed by atoms with E-state index in [2.05, 4.69) is 9.82 Å². The molecule has 0 saturated carbocycles. The molecule has 2 N–H and O–H groups in total. The quantitative estimate of drug-likeness (QED) is 0.863. The molecule has 114 valence electrons. The molecule has 1 aromatic carbocycles. The van der Waals surface area contributed by atoms with E-state index in [-0.39, 0.29) is 18.0 Å². The third kappa shape index (κ3) is 3.49. The maximum Gasteiger partial charge on any atom is 0.241 e. The smallest absolute Gasteiger partial charge is 0.241 e. The van der Waals surface area contributed by atoms with Gasteiger partial charge in [-0.2, -0.15) is 5.10 Å². The molecule has 0 atom stereocenters. The van der Waals surface area contributed by atoms with Crippen LogP contribution in [0.2, 0.25) is 0 Å². The summed E-state index contributed by atoms with van der Waals surface area (Å²) in [4.78, 5) is 0.188. The highest BCUT2D eigenvalue weighted by molar-refractivity contribution is 7.89. The van der Waals surface area contributed by atoms with Gasteiger partial charge in [-0.05, 0) is 42.7 Å². The highest BCUT2D eigenvalue weighted by atomic mass is 32.2. The van der Waals surface area contributed by atoms with Gasteiger partial charge in [0.05, 0.1) is 23.7 Å². The molecule has 1 aromatic heterocycles. The number of hydrogen-bond acceptors (Lipinski definition) is 4. The average molecular weight is 309 g/mol. The van der Waals surface area contributed by atoms with Crippen molar-refractivity contribution in [2.24, 2.45) is 7.05 Å². The van der Waals surface area contributed by atoms with E-state index in [4.69, 9.17) is 0 Å². The second-order valence-electron chi connectivity index (χ2n) is 5.01. The first-order chi connectivity index (χ1) is 9.83. The summed E-state index contributed by atoms with van der Waals surface area (Å²) in [6.07, 6.45) is 1.75. The van der Waals surface area contributed by atoms with Crippen molar-refractivity contribution in [3.63, 3.8) is 0 Å². The Kier molecular flexibility index (Phi) is 4.46. The van der Waals surface area contributed by atoms with E-state index < -0.39 is 10.0 Å². The minimum absolute atomic E-state index is 0.130. The van der Waals surface area contributed by atoms with Crippen LogP contribution in [0.1, 0.15) is 22.4 Å². The Bertz CT molecular complexity index is 751. The van der Waals surface area contributed by atoms with Crippen LogP contribution in [0.5, 0.6) is 0 Å².